The molecule has 0 aliphatic heterocycles. The SMILES string of the molecule is CCOC(C)CNC(COC)C(=O)O. The lowest BCUT2D eigenvalue weighted by molar-refractivity contribution is -0.141. The third-order valence-corrected chi connectivity index (χ3v) is 1.73. The Morgan fingerprint density at radius 3 is 2.64 bits per heavy atom. The average molecular weight is 205 g/mol. The van der Waals surface area contributed by atoms with Gasteiger partial charge in [-0.2, -0.15) is 0 Å². The maximum atomic E-state index is 10.7. The summed E-state index contributed by atoms with van der Waals surface area (Å²) < 4.78 is 10.0. The van der Waals surface area contributed by atoms with Gasteiger partial charge in [-0.05, 0) is 13.8 Å². The van der Waals surface area contributed by atoms with Crippen LogP contribution in [0.15, 0.2) is 0 Å². The van der Waals surface area contributed by atoms with E-state index in [1.165, 1.54) is 7.11 Å². The highest BCUT2D eigenvalue weighted by molar-refractivity contribution is 5.73. The van der Waals surface area contributed by atoms with Crippen molar-refractivity contribution in [3.8, 4) is 0 Å². The predicted molar refractivity (Wildman–Crippen MR) is 52.4 cm³/mol. The Kier molecular flexibility index (Phi) is 7.37. The van der Waals surface area contributed by atoms with Crippen LogP contribution in [0.25, 0.3) is 0 Å². The van der Waals surface area contributed by atoms with Crippen molar-refractivity contribution in [3.63, 3.8) is 0 Å². The molecule has 0 amide bonds. The molecule has 5 heteroatoms. The molecule has 0 saturated carbocycles. The minimum absolute atomic E-state index is 0.0127. The maximum Gasteiger partial charge on any atom is 0.323 e. The Bertz CT molecular complexity index is 163. The number of carboxylic acids is 1. The molecule has 2 atom stereocenters. The van der Waals surface area contributed by atoms with Gasteiger partial charge in [-0.1, -0.05) is 0 Å². The van der Waals surface area contributed by atoms with Gasteiger partial charge in [0.05, 0.1) is 12.7 Å². The number of hydrogen-bond donors (Lipinski definition) is 2. The molecule has 0 bridgehead atoms. The van der Waals surface area contributed by atoms with Crippen LogP contribution in [-0.2, 0) is 14.3 Å². The van der Waals surface area contributed by atoms with E-state index in [2.05, 4.69) is 5.32 Å². The summed E-state index contributed by atoms with van der Waals surface area (Å²) in [6, 6.07) is -0.664. The van der Waals surface area contributed by atoms with E-state index in [1.54, 1.807) is 0 Å². The number of aliphatic carboxylic acids is 1. The van der Waals surface area contributed by atoms with Crippen molar-refractivity contribution in [3.05, 3.63) is 0 Å². The van der Waals surface area contributed by atoms with Crippen molar-refractivity contribution in [2.75, 3.05) is 26.9 Å². The van der Waals surface area contributed by atoms with Gasteiger partial charge in [-0.15, -0.1) is 0 Å². The van der Waals surface area contributed by atoms with Crippen LogP contribution in [0.4, 0.5) is 0 Å². The summed E-state index contributed by atoms with van der Waals surface area (Å²) in [4.78, 5) is 10.7. The minimum atomic E-state index is -0.907. The summed E-state index contributed by atoms with van der Waals surface area (Å²) in [6.45, 7) is 5.09. The fraction of sp³-hybridized carbons (Fsp3) is 0.889. The second-order valence-electron chi connectivity index (χ2n) is 3.02. The van der Waals surface area contributed by atoms with Crippen molar-refractivity contribution >= 4 is 5.97 Å². The number of carboxylic acid groups (broad SMARTS) is 1. The minimum Gasteiger partial charge on any atom is -0.480 e. The summed E-state index contributed by atoms with van der Waals surface area (Å²) in [7, 11) is 1.48. The van der Waals surface area contributed by atoms with Crippen LogP contribution >= 0.6 is 0 Å². The Morgan fingerprint density at radius 2 is 2.21 bits per heavy atom. The summed E-state index contributed by atoms with van der Waals surface area (Å²) in [5, 5.41) is 11.6. The van der Waals surface area contributed by atoms with Gasteiger partial charge in [-0.25, -0.2) is 0 Å². The zero-order chi connectivity index (χ0) is 11.0. The van der Waals surface area contributed by atoms with Crippen LogP contribution in [0.2, 0.25) is 0 Å². The molecule has 2 unspecified atom stereocenters. The predicted octanol–water partition coefficient (Wildman–Crippen LogP) is 0.101. The largest absolute Gasteiger partial charge is 0.480 e. The smallest absolute Gasteiger partial charge is 0.323 e. The van der Waals surface area contributed by atoms with Gasteiger partial charge in [0, 0.05) is 20.3 Å². The molecule has 0 aromatic heterocycles. The zero-order valence-corrected chi connectivity index (χ0v) is 8.95. The number of methoxy groups -OCH3 is 1. The first-order valence-electron chi connectivity index (χ1n) is 4.68. The lowest BCUT2D eigenvalue weighted by Gasteiger charge is -2.17. The van der Waals surface area contributed by atoms with E-state index in [1.807, 2.05) is 13.8 Å². The third kappa shape index (κ3) is 5.90. The van der Waals surface area contributed by atoms with Crippen LogP contribution in [-0.4, -0.2) is 50.1 Å². The van der Waals surface area contributed by atoms with E-state index in [0.717, 1.165) is 0 Å². The molecule has 2 N–H and O–H groups in total. The normalized spacial score (nSPS) is 15.1. The van der Waals surface area contributed by atoms with Crippen LogP contribution in [0.3, 0.4) is 0 Å². The molecule has 0 heterocycles. The van der Waals surface area contributed by atoms with Gasteiger partial charge >= 0.3 is 5.97 Å². The third-order valence-electron chi connectivity index (χ3n) is 1.73. The average Bonchev–Trinajstić information content (AvgIpc) is 2.12. The van der Waals surface area contributed by atoms with Crippen molar-refractivity contribution in [2.24, 2.45) is 0 Å². The molecule has 5 nitrogen and oxygen atoms in total. The molecule has 0 rings (SSSR count). The summed E-state index contributed by atoms with van der Waals surface area (Å²) in [6.07, 6.45) is 0.0127. The molecular formula is C9H19NO4. The molecule has 0 radical (unpaired) electrons. The van der Waals surface area contributed by atoms with E-state index >= 15 is 0 Å². The number of nitrogens with one attached hydrogen (secondary N) is 1. The number of carbonyl (C=O) groups is 1. The molecule has 0 aromatic carbocycles. The van der Waals surface area contributed by atoms with Gasteiger partial charge in [0.1, 0.15) is 6.04 Å². The highest BCUT2D eigenvalue weighted by Gasteiger charge is 2.17. The molecule has 14 heavy (non-hydrogen) atoms. The number of hydrogen-bond acceptors (Lipinski definition) is 4. The Morgan fingerprint density at radius 1 is 1.57 bits per heavy atom. The molecule has 0 aliphatic carbocycles. The number of ether oxygens (including phenoxy) is 2. The van der Waals surface area contributed by atoms with Crippen molar-refractivity contribution in [1.29, 1.82) is 0 Å². The van der Waals surface area contributed by atoms with Crippen LogP contribution in [0, 0.1) is 0 Å². The van der Waals surface area contributed by atoms with Gasteiger partial charge in [0.2, 0.25) is 0 Å². The van der Waals surface area contributed by atoms with Crippen molar-refractivity contribution < 1.29 is 19.4 Å². The van der Waals surface area contributed by atoms with E-state index in [-0.39, 0.29) is 12.7 Å². The standard InChI is InChI=1S/C9H19NO4/c1-4-14-7(2)5-10-8(6-13-3)9(11)12/h7-8,10H,4-6H2,1-3H3,(H,11,12). The first kappa shape index (κ1) is 13.4. The number of rotatable bonds is 8. The lowest BCUT2D eigenvalue weighted by atomic mass is 10.3. The molecule has 0 spiro atoms. The van der Waals surface area contributed by atoms with Crippen LogP contribution < -0.4 is 5.32 Å². The Labute approximate surface area is 84.4 Å². The summed E-state index contributed by atoms with van der Waals surface area (Å²) >= 11 is 0. The van der Waals surface area contributed by atoms with E-state index in [4.69, 9.17) is 14.6 Å². The van der Waals surface area contributed by atoms with Crippen LogP contribution in [0.5, 0.6) is 0 Å². The summed E-state index contributed by atoms with van der Waals surface area (Å²) in [5.74, 6) is -0.907. The van der Waals surface area contributed by atoms with Crippen molar-refractivity contribution in [1.82, 2.24) is 5.32 Å². The second kappa shape index (κ2) is 7.73. The molecule has 0 saturated heterocycles. The molecule has 84 valence electrons. The van der Waals surface area contributed by atoms with Gasteiger partial charge in [0.15, 0.2) is 0 Å². The molecule has 0 aliphatic rings. The highest BCUT2D eigenvalue weighted by atomic mass is 16.5. The second-order valence-corrected chi connectivity index (χ2v) is 3.02. The Balaban J connectivity index is 3.75. The fourth-order valence-electron chi connectivity index (χ4n) is 1.04. The molecular weight excluding hydrogens is 186 g/mol. The van der Waals surface area contributed by atoms with Gasteiger partial charge in [-0.3, -0.25) is 10.1 Å². The van der Waals surface area contributed by atoms with Gasteiger partial charge in [0.25, 0.3) is 0 Å². The van der Waals surface area contributed by atoms with Gasteiger partial charge < -0.3 is 14.6 Å². The van der Waals surface area contributed by atoms with E-state index < -0.39 is 12.0 Å². The van der Waals surface area contributed by atoms with Crippen molar-refractivity contribution in [2.45, 2.75) is 26.0 Å². The fourth-order valence-corrected chi connectivity index (χ4v) is 1.04. The highest BCUT2D eigenvalue weighted by Crippen LogP contribution is 1.91. The zero-order valence-electron chi connectivity index (χ0n) is 8.95. The van der Waals surface area contributed by atoms with E-state index in [0.29, 0.717) is 13.2 Å². The monoisotopic (exact) mass is 205 g/mol. The van der Waals surface area contributed by atoms with E-state index in [9.17, 15) is 4.79 Å². The van der Waals surface area contributed by atoms with Crippen LogP contribution in [0.1, 0.15) is 13.8 Å². The summed E-state index contributed by atoms with van der Waals surface area (Å²) in [5.41, 5.74) is 0. The quantitative estimate of drug-likeness (QED) is 0.588. The Hall–Kier alpha value is -0.650. The maximum absolute atomic E-state index is 10.7. The molecule has 0 fully saturated rings. The topological polar surface area (TPSA) is 67.8 Å². The molecule has 0 aromatic rings. The lowest BCUT2D eigenvalue weighted by Crippen LogP contribution is -2.43. The first-order chi connectivity index (χ1) is 6.61. The first-order valence-corrected chi connectivity index (χ1v) is 4.68.